The van der Waals surface area contributed by atoms with Crippen molar-refractivity contribution in [2.75, 3.05) is 13.5 Å². The smallest absolute Gasteiger partial charge is 0.406 e. The lowest BCUT2D eigenvalue weighted by atomic mass is 11.2. The number of hydrogen-bond donors (Lipinski definition) is 2. The molecule has 0 aliphatic carbocycles. The lowest BCUT2D eigenvalue weighted by Crippen LogP contribution is -2.17. The Hall–Kier alpha value is -0.810. The fourth-order valence-electron chi connectivity index (χ4n) is 0.148. The number of amides is 1. The second kappa shape index (κ2) is 4.35. The second-order valence-electron chi connectivity index (χ2n) is 0.952. The van der Waals surface area contributed by atoms with Crippen LogP contribution < -0.4 is 11.5 Å². The number of hydrogen-bond acceptors (Lipinski definition) is 4. The zero-order valence-electron chi connectivity index (χ0n) is 4.29. The van der Waals surface area contributed by atoms with E-state index in [1.807, 2.05) is 0 Å². The monoisotopic (exact) mass is 120 g/mol. The van der Waals surface area contributed by atoms with Crippen LogP contribution in [0.4, 0.5) is 4.79 Å². The number of primary amides is 1. The molecule has 0 spiro atoms. The van der Waals surface area contributed by atoms with Crippen LogP contribution >= 0.6 is 0 Å². The van der Waals surface area contributed by atoms with E-state index < -0.39 is 6.09 Å². The third-order valence-corrected chi connectivity index (χ3v) is 0.402. The van der Waals surface area contributed by atoms with E-state index in [0.717, 1.165) is 0 Å². The first-order valence-electron chi connectivity index (χ1n) is 1.97. The number of ether oxygens (including phenoxy) is 2. The SMILES string of the molecule is NCOCOC(N)=O. The number of nitrogens with two attached hydrogens (primary N) is 2. The van der Waals surface area contributed by atoms with Gasteiger partial charge >= 0.3 is 6.09 Å². The molecule has 0 aliphatic rings. The molecule has 0 bridgehead atoms. The van der Waals surface area contributed by atoms with Crippen LogP contribution in [0.25, 0.3) is 0 Å². The van der Waals surface area contributed by atoms with Gasteiger partial charge in [0.15, 0.2) is 6.79 Å². The number of carbonyl (C=O) groups excluding carboxylic acids is 1. The maximum absolute atomic E-state index is 9.75. The molecule has 8 heavy (non-hydrogen) atoms. The van der Waals surface area contributed by atoms with Crippen LogP contribution in [0.15, 0.2) is 0 Å². The molecule has 0 saturated carbocycles. The third kappa shape index (κ3) is 5.19. The Bertz CT molecular complexity index is 74.9. The van der Waals surface area contributed by atoms with Gasteiger partial charge in [-0.25, -0.2) is 4.79 Å². The van der Waals surface area contributed by atoms with E-state index in [4.69, 9.17) is 5.73 Å². The molecular formula is C3H8N2O3. The summed E-state index contributed by atoms with van der Waals surface area (Å²) in [6.45, 7) is -0.154. The molecule has 0 radical (unpaired) electrons. The van der Waals surface area contributed by atoms with Gasteiger partial charge in [-0.15, -0.1) is 0 Å². The van der Waals surface area contributed by atoms with Crippen LogP contribution in [0.1, 0.15) is 0 Å². The number of carbonyl (C=O) groups is 1. The van der Waals surface area contributed by atoms with Crippen molar-refractivity contribution in [2.24, 2.45) is 11.5 Å². The Labute approximate surface area is 46.5 Å². The Morgan fingerprint density at radius 1 is 1.62 bits per heavy atom. The molecule has 0 unspecified atom stereocenters. The van der Waals surface area contributed by atoms with Crippen molar-refractivity contribution in [1.29, 1.82) is 0 Å². The highest BCUT2D eigenvalue weighted by atomic mass is 16.7. The highest BCUT2D eigenvalue weighted by molar-refractivity contribution is 5.64. The molecule has 0 aromatic rings. The first-order valence-corrected chi connectivity index (χ1v) is 1.97. The van der Waals surface area contributed by atoms with Crippen molar-refractivity contribution in [1.82, 2.24) is 0 Å². The molecule has 5 heteroatoms. The maximum atomic E-state index is 9.75. The maximum Gasteiger partial charge on any atom is 0.406 e. The van der Waals surface area contributed by atoms with Crippen LogP contribution in [-0.4, -0.2) is 19.6 Å². The van der Waals surface area contributed by atoms with Crippen LogP contribution in [0.5, 0.6) is 0 Å². The van der Waals surface area contributed by atoms with E-state index in [1.54, 1.807) is 0 Å². The molecule has 0 aliphatic heterocycles. The molecule has 0 aromatic carbocycles. The van der Waals surface area contributed by atoms with Gasteiger partial charge in [-0.1, -0.05) is 0 Å². The van der Waals surface area contributed by atoms with E-state index >= 15 is 0 Å². The van der Waals surface area contributed by atoms with Crippen molar-refractivity contribution in [3.05, 3.63) is 0 Å². The predicted molar refractivity (Wildman–Crippen MR) is 25.7 cm³/mol. The van der Waals surface area contributed by atoms with Gasteiger partial charge in [-0.05, 0) is 0 Å². The van der Waals surface area contributed by atoms with Gasteiger partial charge in [0.05, 0.1) is 6.73 Å². The Kier molecular flexibility index (Phi) is 3.91. The Morgan fingerprint density at radius 2 is 2.25 bits per heavy atom. The van der Waals surface area contributed by atoms with Gasteiger partial charge in [-0.2, -0.15) is 0 Å². The summed E-state index contributed by atoms with van der Waals surface area (Å²) in [7, 11) is 0. The zero-order chi connectivity index (χ0) is 6.41. The predicted octanol–water partition coefficient (Wildman–Crippen LogP) is -1.03. The van der Waals surface area contributed by atoms with Gasteiger partial charge in [0.2, 0.25) is 0 Å². The van der Waals surface area contributed by atoms with Gasteiger partial charge in [-0.3, -0.25) is 0 Å². The van der Waals surface area contributed by atoms with Crippen molar-refractivity contribution in [2.45, 2.75) is 0 Å². The molecule has 0 saturated heterocycles. The van der Waals surface area contributed by atoms with Crippen molar-refractivity contribution in [3.63, 3.8) is 0 Å². The van der Waals surface area contributed by atoms with Gasteiger partial charge in [0.25, 0.3) is 0 Å². The second-order valence-corrected chi connectivity index (χ2v) is 0.952. The molecule has 4 N–H and O–H groups in total. The molecule has 48 valence electrons. The third-order valence-electron chi connectivity index (χ3n) is 0.402. The van der Waals surface area contributed by atoms with Crippen molar-refractivity contribution < 1.29 is 14.3 Å². The summed E-state index contributed by atoms with van der Waals surface area (Å²) in [5, 5.41) is 0. The Morgan fingerprint density at radius 3 is 2.62 bits per heavy atom. The topological polar surface area (TPSA) is 87.6 Å². The lowest BCUT2D eigenvalue weighted by Gasteiger charge is -1.97. The first-order chi connectivity index (χ1) is 3.77. The first kappa shape index (κ1) is 7.19. The van der Waals surface area contributed by atoms with Crippen LogP contribution in [0.3, 0.4) is 0 Å². The summed E-state index contributed by atoms with van der Waals surface area (Å²) >= 11 is 0. The summed E-state index contributed by atoms with van der Waals surface area (Å²) in [5.74, 6) is 0. The quantitative estimate of drug-likeness (QED) is 0.368. The van der Waals surface area contributed by atoms with Gasteiger partial charge < -0.3 is 20.9 Å². The summed E-state index contributed by atoms with van der Waals surface area (Å²) < 4.78 is 8.52. The molecule has 1 amide bonds. The van der Waals surface area contributed by atoms with Crippen molar-refractivity contribution >= 4 is 6.09 Å². The van der Waals surface area contributed by atoms with Gasteiger partial charge in [0, 0.05) is 0 Å². The zero-order valence-corrected chi connectivity index (χ0v) is 4.29. The molecule has 0 rings (SSSR count). The molecular weight excluding hydrogens is 112 g/mol. The molecule has 0 atom stereocenters. The minimum atomic E-state index is -0.863. The summed E-state index contributed by atoms with van der Waals surface area (Å²) in [4.78, 5) is 9.75. The fraction of sp³-hybridized carbons (Fsp3) is 0.667. The molecule has 0 heterocycles. The molecule has 0 fully saturated rings. The van der Waals surface area contributed by atoms with Crippen LogP contribution in [0, 0.1) is 0 Å². The summed E-state index contributed by atoms with van der Waals surface area (Å²) in [6, 6.07) is 0. The minimum Gasteiger partial charge on any atom is -0.422 e. The minimum absolute atomic E-state index is 0.0211. The van der Waals surface area contributed by atoms with Crippen LogP contribution in [0.2, 0.25) is 0 Å². The van der Waals surface area contributed by atoms with E-state index in [2.05, 4.69) is 15.2 Å². The summed E-state index contributed by atoms with van der Waals surface area (Å²) in [6.07, 6.45) is -0.863. The van der Waals surface area contributed by atoms with E-state index in [-0.39, 0.29) is 13.5 Å². The molecule has 5 nitrogen and oxygen atoms in total. The van der Waals surface area contributed by atoms with E-state index in [1.165, 1.54) is 0 Å². The number of rotatable bonds is 3. The fourth-order valence-corrected chi connectivity index (χ4v) is 0.148. The largest absolute Gasteiger partial charge is 0.422 e. The molecule has 0 aromatic heterocycles. The summed E-state index contributed by atoms with van der Waals surface area (Å²) in [5.41, 5.74) is 9.41. The normalized spacial score (nSPS) is 8.62. The lowest BCUT2D eigenvalue weighted by molar-refractivity contribution is -0.00903. The highest BCUT2D eigenvalue weighted by Gasteiger charge is 1.88. The standard InChI is InChI=1S/C3H8N2O3/c4-1-7-2-8-3(5)6/h1-2,4H2,(H2,5,6). The van der Waals surface area contributed by atoms with Gasteiger partial charge in [0.1, 0.15) is 0 Å². The van der Waals surface area contributed by atoms with Crippen molar-refractivity contribution in [3.8, 4) is 0 Å². The van der Waals surface area contributed by atoms with E-state index in [0.29, 0.717) is 0 Å². The Balaban J connectivity index is 2.82. The van der Waals surface area contributed by atoms with Crippen LogP contribution in [-0.2, 0) is 9.47 Å². The highest BCUT2D eigenvalue weighted by Crippen LogP contribution is 1.72. The average Bonchev–Trinajstić information content (AvgIpc) is 1.66. The average molecular weight is 120 g/mol. The van der Waals surface area contributed by atoms with E-state index in [9.17, 15) is 4.79 Å².